The van der Waals surface area contributed by atoms with E-state index >= 15 is 0 Å². The molecule has 0 aliphatic heterocycles. The second kappa shape index (κ2) is 13.9. The Morgan fingerprint density at radius 1 is 1.00 bits per heavy atom. The van der Waals surface area contributed by atoms with Gasteiger partial charge in [-0.1, -0.05) is 62.4 Å². The molecule has 4 aromatic rings. The number of methoxy groups -OCH3 is 1. The van der Waals surface area contributed by atoms with E-state index in [2.05, 4.69) is 20.4 Å². The van der Waals surface area contributed by atoms with Gasteiger partial charge in [0.2, 0.25) is 10.0 Å². The van der Waals surface area contributed by atoms with Crippen LogP contribution in [-0.2, 0) is 15.4 Å². The Morgan fingerprint density at radius 2 is 1.66 bits per heavy atom. The highest BCUT2D eigenvalue weighted by atomic mass is 32.2. The zero-order chi connectivity index (χ0) is 34.7. The summed E-state index contributed by atoms with van der Waals surface area (Å²) in [4.78, 5) is 30.9. The summed E-state index contributed by atoms with van der Waals surface area (Å²) in [7, 11) is 3.44. The zero-order valence-corrected chi connectivity index (χ0v) is 29.1. The minimum absolute atomic E-state index is 0.163. The average molecular weight is 662 g/mol. The smallest absolute Gasteiger partial charge is 0.276 e. The molecule has 2 amide bonds. The Balaban J connectivity index is 1.64. The number of aromatic nitrogens is 3. The highest BCUT2D eigenvalue weighted by Crippen LogP contribution is 2.39. The molecule has 0 spiro atoms. The van der Waals surface area contributed by atoms with Crippen LogP contribution in [0.25, 0.3) is 5.69 Å². The predicted molar refractivity (Wildman–Crippen MR) is 184 cm³/mol. The van der Waals surface area contributed by atoms with Gasteiger partial charge in [0, 0.05) is 19.2 Å². The number of benzene rings is 3. The normalized spacial score (nSPS) is 12.5. The lowest BCUT2D eigenvalue weighted by molar-refractivity contribution is 0.0699. The van der Waals surface area contributed by atoms with E-state index in [0.717, 1.165) is 22.9 Å². The SMILES string of the molecule is COc1c(NC(=O)c2ccc(C)c(-n3cc(C(=O)N(C)[C@H](CN(C)C)c4ccccc4)nn3)c2)cc(C(C)(C)C)cc1NS(C)(=O)=O. The number of ether oxygens (including phenoxy) is 1. The lowest BCUT2D eigenvalue weighted by atomic mass is 9.86. The fourth-order valence-corrected chi connectivity index (χ4v) is 5.67. The maximum Gasteiger partial charge on any atom is 0.276 e. The van der Waals surface area contributed by atoms with Gasteiger partial charge in [-0.15, -0.1) is 5.10 Å². The summed E-state index contributed by atoms with van der Waals surface area (Å²) in [6, 6.07) is 18.2. The van der Waals surface area contributed by atoms with E-state index in [1.807, 2.05) is 77.0 Å². The van der Waals surface area contributed by atoms with Crippen molar-refractivity contribution in [3.8, 4) is 11.4 Å². The van der Waals surface area contributed by atoms with Crippen molar-refractivity contribution in [1.29, 1.82) is 0 Å². The Labute approximate surface area is 276 Å². The van der Waals surface area contributed by atoms with Gasteiger partial charge in [-0.05, 0) is 67.4 Å². The van der Waals surface area contributed by atoms with Gasteiger partial charge in [0.15, 0.2) is 11.4 Å². The van der Waals surface area contributed by atoms with Crippen LogP contribution in [0, 0.1) is 6.92 Å². The van der Waals surface area contributed by atoms with Gasteiger partial charge in [-0.3, -0.25) is 14.3 Å². The molecule has 0 aliphatic rings. The van der Waals surface area contributed by atoms with Gasteiger partial charge < -0.3 is 19.9 Å². The molecule has 4 rings (SSSR count). The second-order valence-corrected chi connectivity index (χ2v) is 14.6. The van der Waals surface area contributed by atoms with Crippen LogP contribution in [0.5, 0.6) is 5.75 Å². The van der Waals surface area contributed by atoms with Gasteiger partial charge in [0.1, 0.15) is 0 Å². The van der Waals surface area contributed by atoms with Crippen molar-refractivity contribution in [2.45, 2.75) is 39.2 Å². The number of hydrogen-bond acceptors (Lipinski definition) is 8. The summed E-state index contributed by atoms with van der Waals surface area (Å²) in [6.07, 6.45) is 2.61. The van der Waals surface area contributed by atoms with Crippen molar-refractivity contribution in [3.63, 3.8) is 0 Å². The van der Waals surface area contributed by atoms with Gasteiger partial charge in [0.25, 0.3) is 11.8 Å². The first kappa shape index (κ1) is 35.1. The molecule has 0 fully saturated rings. The van der Waals surface area contributed by atoms with Crippen LogP contribution in [0.4, 0.5) is 11.4 Å². The van der Waals surface area contributed by atoms with Gasteiger partial charge >= 0.3 is 0 Å². The largest absolute Gasteiger partial charge is 0.492 e. The summed E-state index contributed by atoms with van der Waals surface area (Å²) >= 11 is 0. The number of rotatable bonds is 11. The van der Waals surface area contributed by atoms with Gasteiger partial charge in [-0.25, -0.2) is 13.1 Å². The van der Waals surface area contributed by atoms with Crippen LogP contribution < -0.4 is 14.8 Å². The molecular formula is C34H43N7O5S. The quantitative estimate of drug-likeness (QED) is 0.232. The molecule has 250 valence electrons. The summed E-state index contributed by atoms with van der Waals surface area (Å²) in [5.74, 6) is -0.565. The highest BCUT2D eigenvalue weighted by molar-refractivity contribution is 7.92. The first-order valence-corrected chi connectivity index (χ1v) is 16.9. The van der Waals surface area contributed by atoms with Crippen molar-refractivity contribution in [1.82, 2.24) is 24.8 Å². The van der Waals surface area contributed by atoms with Gasteiger partial charge in [-0.2, -0.15) is 0 Å². The van der Waals surface area contributed by atoms with Crippen molar-refractivity contribution in [2.24, 2.45) is 0 Å². The van der Waals surface area contributed by atoms with E-state index in [1.54, 1.807) is 48.5 Å². The molecule has 13 heteroatoms. The van der Waals surface area contributed by atoms with E-state index in [9.17, 15) is 18.0 Å². The molecule has 1 aromatic heterocycles. The first-order valence-electron chi connectivity index (χ1n) is 15.0. The number of nitrogens with zero attached hydrogens (tertiary/aromatic N) is 5. The third kappa shape index (κ3) is 8.54. The second-order valence-electron chi connectivity index (χ2n) is 12.8. The lowest BCUT2D eigenvalue weighted by Crippen LogP contribution is -2.37. The highest BCUT2D eigenvalue weighted by Gasteiger charge is 2.26. The number of aryl methyl sites for hydroxylation is 1. The van der Waals surface area contributed by atoms with E-state index in [-0.39, 0.29) is 34.5 Å². The topological polar surface area (TPSA) is 139 Å². The third-order valence-electron chi connectivity index (χ3n) is 7.64. The van der Waals surface area contributed by atoms with E-state index < -0.39 is 15.9 Å². The predicted octanol–water partition coefficient (Wildman–Crippen LogP) is 4.88. The zero-order valence-electron chi connectivity index (χ0n) is 28.3. The molecule has 2 N–H and O–H groups in total. The van der Waals surface area contributed by atoms with Gasteiger partial charge in [0.05, 0.1) is 42.7 Å². The molecule has 0 radical (unpaired) electrons. The van der Waals surface area contributed by atoms with Crippen LogP contribution in [0.15, 0.2) is 66.9 Å². The number of nitrogens with one attached hydrogen (secondary N) is 2. The summed E-state index contributed by atoms with van der Waals surface area (Å²) in [6.45, 7) is 8.43. The number of amides is 2. The molecule has 0 unspecified atom stereocenters. The van der Waals surface area contributed by atoms with Crippen molar-refractivity contribution in [3.05, 3.63) is 94.8 Å². The first-order chi connectivity index (χ1) is 22.0. The van der Waals surface area contributed by atoms with E-state index in [4.69, 9.17) is 4.74 Å². The summed E-state index contributed by atoms with van der Waals surface area (Å²) < 4.78 is 33.8. The van der Waals surface area contributed by atoms with Crippen LogP contribution in [-0.4, -0.2) is 86.1 Å². The average Bonchev–Trinajstić information content (AvgIpc) is 3.48. The Hall–Kier alpha value is -4.75. The van der Waals surface area contributed by atoms with Crippen molar-refractivity contribution >= 4 is 33.2 Å². The molecule has 1 heterocycles. The number of likely N-dealkylation sites (N-methyl/N-ethyl adjacent to an activating group) is 2. The number of anilines is 2. The van der Waals surface area contributed by atoms with Crippen LogP contribution in [0.1, 0.15) is 64.3 Å². The molecule has 0 saturated carbocycles. The number of hydrogen-bond donors (Lipinski definition) is 2. The maximum absolute atomic E-state index is 13.6. The fraction of sp³-hybridized carbons (Fsp3) is 0.353. The van der Waals surface area contributed by atoms with Crippen molar-refractivity contribution < 1.29 is 22.7 Å². The van der Waals surface area contributed by atoms with Crippen LogP contribution in [0.2, 0.25) is 0 Å². The Bertz CT molecular complexity index is 1870. The molecule has 0 saturated heterocycles. The third-order valence-corrected chi connectivity index (χ3v) is 8.23. The monoisotopic (exact) mass is 661 g/mol. The lowest BCUT2D eigenvalue weighted by Gasteiger charge is -2.30. The summed E-state index contributed by atoms with van der Waals surface area (Å²) in [5, 5.41) is 11.3. The molecule has 47 heavy (non-hydrogen) atoms. The maximum atomic E-state index is 13.6. The summed E-state index contributed by atoms with van der Waals surface area (Å²) in [5.41, 5.74) is 3.79. The fourth-order valence-electron chi connectivity index (χ4n) is 5.12. The molecule has 1 atom stereocenters. The van der Waals surface area contributed by atoms with E-state index in [0.29, 0.717) is 23.5 Å². The molecule has 3 aromatic carbocycles. The Kier molecular flexibility index (Phi) is 10.4. The number of sulfonamides is 1. The minimum Gasteiger partial charge on any atom is -0.492 e. The van der Waals surface area contributed by atoms with Crippen molar-refractivity contribution in [2.75, 3.05) is 51.1 Å². The standard InChI is InChI=1S/C34H43N7O5S/c1-22-15-16-24(32(42)35-26-18-25(34(2,3)4)19-27(31(26)46-8)37-47(9,44)45)17-29(22)41-20-28(36-38-41)33(43)40(7)30(21-39(5)6)23-13-11-10-12-14-23/h10-20,30,37H,21H2,1-9H3,(H,35,42)/t30-/m1/s1. The van der Waals surface area contributed by atoms with Crippen LogP contribution >= 0.6 is 0 Å². The molecule has 0 bridgehead atoms. The minimum atomic E-state index is -3.63. The van der Waals surface area contributed by atoms with Crippen LogP contribution in [0.3, 0.4) is 0 Å². The Morgan fingerprint density at radius 3 is 2.26 bits per heavy atom. The molecule has 0 aliphatic carbocycles. The number of carbonyl (C=O) groups is 2. The number of carbonyl (C=O) groups excluding carboxylic acids is 2. The van der Waals surface area contributed by atoms with E-state index in [1.165, 1.54) is 11.8 Å². The molecule has 12 nitrogen and oxygen atoms in total. The molecular weight excluding hydrogens is 618 g/mol.